The Bertz CT molecular complexity index is 1240. The highest BCUT2D eigenvalue weighted by molar-refractivity contribution is 7.89. The number of rotatable bonds is 7. The summed E-state index contributed by atoms with van der Waals surface area (Å²) in [6.45, 7) is 6.38. The van der Waals surface area contributed by atoms with E-state index in [-0.39, 0.29) is 30.8 Å². The van der Waals surface area contributed by atoms with Crippen LogP contribution < -0.4 is 4.72 Å². The van der Waals surface area contributed by atoms with Gasteiger partial charge in [0.25, 0.3) is 0 Å². The third-order valence-electron chi connectivity index (χ3n) is 5.36. The second-order valence-corrected chi connectivity index (χ2v) is 11.5. The van der Waals surface area contributed by atoms with Crippen LogP contribution in [0.2, 0.25) is 0 Å². The summed E-state index contributed by atoms with van der Waals surface area (Å²) in [7, 11) is -4.01. The Labute approximate surface area is 209 Å². The number of hydrogen-bond acceptors (Lipinski definition) is 6. The molecule has 1 heterocycles. The van der Waals surface area contributed by atoms with Crippen molar-refractivity contribution in [1.82, 2.24) is 9.62 Å². The van der Waals surface area contributed by atoms with Crippen LogP contribution in [0.25, 0.3) is 11.1 Å². The van der Waals surface area contributed by atoms with Gasteiger partial charge in [0.05, 0.1) is 37.1 Å². The number of sulfonamides is 1. The lowest BCUT2D eigenvalue weighted by molar-refractivity contribution is -0.0343. The minimum absolute atomic E-state index is 0.00722. The summed E-state index contributed by atoms with van der Waals surface area (Å²) in [5.74, 6) is -2.53. The second kappa shape index (κ2) is 11.0. The number of nitrogens with one attached hydrogen (secondary N) is 1. The summed E-state index contributed by atoms with van der Waals surface area (Å²) in [4.78, 5) is 26.4. The maximum absolute atomic E-state index is 14.7. The van der Waals surface area contributed by atoms with E-state index in [1.807, 2.05) is 0 Å². The first-order chi connectivity index (χ1) is 16.7. The van der Waals surface area contributed by atoms with Crippen molar-refractivity contribution in [2.75, 3.05) is 32.0 Å². The van der Waals surface area contributed by atoms with Gasteiger partial charge in [-0.05, 0) is 68.7 Å². The van der Waals surface area contributed by atoms with Gasteiger partial charge in [-0.2, -0.15) is 0 Å². The van der Waals surface area contributed by atoms with E-state index in [1.54, 1.807) is 26.8 Å². The standard InChI is InChI=1S/C25H30F2N2O6S/c1-16-10-18(17-6-5-7-19(26)11-17)12-21(23(16)27)22(30)13-28-36(32,33)15-20-14-29(8-9-34-20)24(31)35-25(2,3)4/h5-7,10-12,20,28H,8-9,13-15H2,1-4H3. The number of carbonyl (C=O) groups excluding carboxylic acids is 2. The van der Waals surface area contributed by atoms with Crippen molar-refractivity contribution in [3.05, 3.63) is 59.2 Å². The van der Waals surface area contributed by atoms with Gasteiger partial charge >= 0.3 is 6.09 Å². The van der Waals surface area contributed by atoms with Gasteiger partial charge in [0.15, 0.2) is 5.78 Å². The minimum Gasteiger partial charge on any atom is -0.444 e. The van der Waals surface area contributed by atoms with Gasteiger partial charge in [-0.25, -0.2) is 26.7 Å². The number of halogens is 2. The average molecular weight is 525 g/mol. The number of benzene rings is 2. The Hall–Kier alpha value is -2.89. The highest BCUT2D eigenvalue weighted by Crippen LogP contribution is 2.26. The molecule has 11 heteroatoms. The SMILES string of the molecule is Cc1cc(-c2cccc(F)c2)cc(C(=O)CNS(=O)(=O)CC2CN(C(=O)OC(C)(C)C)CCO2)c1F. The Morgan fingerprint density at radius 1 is 1.17 bits per heavy atom. The maximum atomic E-state index is 14.7. The summed E-state index contributed by atoms with van der Waals surface area (Å²) in [6, 6.07) is 8.41. The largest absolute Gasteiger partial charge is 0.444 e. The molecular formula is C25H30F2N2O6S. The van der Waals surface area contributed by atoms with Crippen LogP contribution >= 0.6 is 0 Å². The number of ether oxygens (including phenoxy) is 2. The van der Waals surface area contributed by atoms with E-state index in [0.29, 0.717) is 11.1 Å². The molecule has 0 aromatic heterocycles. The van der Waals surface area contributed by atoms with Crippen molar-refractivity contribution in [1.29, 1.82) is 0 Å². The molecule has 1 N–H and O–H groups in total. The summed E-state index contributed by atoms with van der Waals surface area (Å²) in [5.41, 5.74) is 0.0512. The fourth-order valence-electron chi connectivity index (χ4n) is 3.69. The minimum atomic E-state index is -4.01. The molecule has 196 valence electrons. The normalized spacial score (nSPS) is 16.6. The van der Waals surface area contributed by atoms with E-state index >= 15 is 0 Å². The number of amides is 1. The molecule has 1 saturated heterocycles. The van der Waals surface area contributed by atoms with Gasteiger partial charge in [0.1, 0.15) is 17.2 Å². The number of hydrogen-bond donors (Lipinski definition) is 1. The molecular weight excluding hydrogens is 494 g/mol. The lowest BCUT2D eigenvalue weighted by atomic mass is 9.97. The lowest BCUT2D eigenvalue weighted by Crippen LogP contribution is -2.50. The molecule has 1 atom stereocenters. The molecule has 0 radical (unpaired) electrons. The summed E-state index contributed by atoms with van der Waals surface area (Å²) < 4.78 is 66.5. The second-order valence-electron chi connectivity index (χ2n) is 9.61. The number of carbonyl (C=O) groups is 2. The zero-order valence-corrected chi connectivity index (χ0v) is 21.5. The van der Waals surface area contributed by atoms with Crippen LogP contribution in [-0.2, 0) is 19.5 Å². The lowest BCUT2D eigenvalue weighted by Gasteiger charge is -2.34. The van der Waals surface area contributed by atoms with Gasteiger partial charge in [0.2, 0.25) is 10.0 Å². The zero-order chi connectivity index (χ0) is 26.7. The quantitative estimate of drug-likeness (QED) is 0.555. The third kappa shape index (κ3) is 7.55. The first-order valence-corrected chi connectivity index (χ1v) is 13.1. The van der Waals surface area contributed by atoms with Crippen molar-refractivity contribution in [3.8, 4) is 11.1 Å². The molecule has 0 spiro atoms. The molecule has 1 fully saturated rings. The van der Waals surface area contributed by atoms with Crippen LogP contribution in [0.5, 0.6) is 0 Å². The predicted octanol–water partition coefficient (Wildman–Crippen LogP) is 3.68. The highest BCUT2D eigenvalue weighted by atomic mass is 32.2. The average Bonchev–Trinajstić information content (AvgIpc) is 2.78. The molecule has 3 rings (SSSR count). The first-order valence-electron chi connectivity index (χ1n) is 11.4. The van der Waals surface area contributed by atoms with E-state index in [1.165, 1.54) is 42.2 Å². The number of Topliss-reactive ketones (excluding diaryl/α,β-unsaturated/α-hetero) is 1. The molecule has 2 aromatic carbocycles. The van der Waals surface area contributed by atoms with Crippen LogP contribution in [0, 0.1) is 18.6 Å². The third-order valence-corrected chi connectivity index (χ3v) is 6.76. The van der Waals surface area contributed by atoms with Gasteiger partial charge in [0, 0.05) is 6.54 Å². The first kappa shape index (κ1) is 27.7. The molecule has 0 bridgehead atoms. The van der Waals surface area contributed by atoms with E-state index in [2.05, 4.69) is 4.72 Å². The number of nitrogens with zero attached hydrogens (tertiary/aromatic N) is 1. The number of aryl methyl sites for hydroxylation is 1. The van der Waals surface area contributed by atoms with Crippen molar-refractivity contribution in [3.63, 3.8) is 0 Å². The predicted molar refractivity (Wildman–Crippen MR) is 130 cm³/mol. The topological polar surface area (TPSA) is 102 Å². The number of ketones is 1. The van der Waals surface area contributed by atoms with Gasteiger partial charge < -0.3 is 14.4 Å². The Morgan fingerprint density at radius 3 is 2.56 bits per heavy atom. The van der Waals surface area contributed by atoms with E-state index in [0.717, 1.165) is 0 Å². The van der Waals surface area contributed by atoms with Crippen LogP contribution in [0.15, 0.2) is 36.4 Å². The maximum Gasteiger partial charge on any atom is 0.410 e. The fraction of sp³-hybridized carbons (Fsp3) is 0.440. The Morgan fingerprint density at radius 2 is 1.89 bits per heavy atom. The summed E-state index contributed by atoms with van der Waals surface area (Å²) >= 11 is 0. The smallest absolute Gasteiger partial charge is 0.410 e. The van der Waals surface area contributed by atoms with Gasteiger partial charge in [-0.3, -0.25) is 4.79 Å². The summed E-state index contributed by atoms with van der Waals surface area (Å²) in [6.07, 6.45) is -1.39. The summed E-state index contributed by atoms with van der Waals surface area (Å²) in [5, 5.41) is 0. The van der Waals surface area contributed by atoms with Crippen LogP contribution in [0.1, 0.15) is 36.7 Å². The molecule has 8 nitrogen and oxygen atoms in total. The van der Waals surface area contributed by atoms with Crippen molar-refractivity contribution < 1.29 is 36.3 Å². The highest BCUT2D eigenvalue weighted by Gasteiger charge is 2.31. The molecule has 1 amide bonds. The van der Waals surface area contributed by atoms with E-state index < -0.39 is 57.5 Å². The molecule has 1 aliphatic rings. The van der Waals surface area contributed by atoms with Crippen LogP contribution in [0.3, 0.4) is 0 Å². The van der Waals surface area contributed by atoms with Crippen molar-refractivity contribution in [2.45, 2.75) is 39.4 Å². The fourth-order valence-corrected chi connectivity index (χ4v) is 4.85. The van der Waals surface area contributed by atoms with Crippen molar-refractivity contribution >= 4 is 21.9 Å². The molecule has 1 unspecified atom stereocenters. The Kier molecular flexibility index (Phi) is 8.48. The molecule has 0 aliphatic carbocycles. The molecule has 1 aliphatic heterocycles. The zero-order valence-electron chi connectivity index (χ0n) is 20.6. The van der Waals surface area contributed by atoms with E-state index in [4.69, 9.17) is 9.47 Å². The Balaban J connectivity index is 1.65. The molecule has 36 heavy (non-hydrogen) atoms. The van der Waals surface area contributed by atoms with Gasteiger partial charge in [-0.15, -0.1) is 0 Å². The monoisotopic (exact) mass is 524 g/mol. The number of morpholine rings is 1. The van der Waals surface area contributed by atoms with Crippen LogP contribution in [-0.4, -0.2) is 68.9 Å². The van der Waals surface area contributed by atoms with Gasteiger partial charge in [-0.1, -0.05) is 12.1 Å². The van der Waals surface area contributed by atoms with E-state index in [9.17, 15) is 26.8 Å². The van der Waals surface area contributed by atoms with Crippen molar-refractivity contribution in [2.24, 2.45) is 0 Å². The molecule has 2 aromatic rings. The molecule has 0 saturated carbocycles. The van der Waals surface area contributed by atoms with Crippen LogP contribution in [0.4, 0.5) is 13.6 Å².